The number of benzene rings is 2. The fraction of sp³-hybridized carbons (Fsp3) is 0.261. The fourth-order valence-electron chi connectivity index (χ4n) is 3.15. The standard InChI is InChI=1S/C23H24F2N2/c1-15-12-17(14-26-22-11-8-19(24)13-21(22)25)16(2)27(15)20-9-6-18(7-10-20)23(3,4)5/h6-14H,1-5H3. The number of nitrogens with zero attached hydrogens (tertiary/aromatic N) is 2. The van der Waals surface area contributed by atoms with E-state index >= 15 is 0 Å². The molecule has 0 fully saturated rings. The molecule has 0 radical (unpaired) electrons. The number of halogens is 2. The maximum atomic E-state index is 13.8. The normalized spacial score (nSPS) is 12.1. The molecule has 0 spiro atoms. The van der Waals surface area contributed by atoms with Gasteiger partial charge in [0.15, 0.2) is 5.82 Å². The molecule has 27 heavy (non-hydrogen) atoms. The van der Waals surface area contributed by atoms with Gasteiger partial charge in [0, 0.05) is 34.9 Å². The molecule has 0 aliphatic heterocycles. The lowest BCUT2D eigenvalue weighted by Crippen LogP contribution is -2.11. The number of rotatable bonds is 3. The predicted molar refractivity (Wildman–Crippen MR) is 108 cm³/mol. The minimum atomic E-state index is -0.669. The lowest BCUT2D eigenvalue weighted by Gasteiger charge is -2.20. The fourth-order valence-corrected chi connectivity index (χ4v) is 3.15. The van der Waals surface area contributed by atoms with Crippen molar-refractivity contribution in [3.63, 3.8) is 0 Å². The summed E-state index contributed by atoms with van der Waals surface area (Å²) in [5.41, 5.74) is 5.56. The van der Waals surface area contributed by atoms with E-state index in [1.807, 2.05) is 19.9 Å². The Morgan fingerprint density at radius 1 is 0.926 bits per heavy atom. The van der Waals surface area contributed by atoms with Gasteiger partial charge in [0.2, 0.25) is 0 Å². The van der Waals surface area contributed by atoms with E-state index in [9.17, 15) is 8.78 Å². The molecule has 3 aromatic rings. The third-order valence-corrected chi connectivity index (χ3v) is 4.71. The Morgan fingerprint density at radius 2 is 1.59 bits per heavy atom. The van der Waals surface area contributed by atoms with Crippen LogP contribution >= 0.6 is 0 Å². The van der Waals surface area contributed by atoms with Crippen molar-refractivity contribution >= 4 is 11.9 Å². The maximum absolute atomic E-state index is 13.8. The second kappa shape index (κ2) is 7.10. The molecule has 1 aromatic heterocycles. The van der Waals surface area contributed by atoms with Crippen LogP contribution in [0.1, 0.15) is 43.3 Å². The largest absolute Gasteiger partial charge is 0.318 e. The zero-order chi connectivity index (χ0) is 19.8. The van der Waals surface area contributed by atoms with Crippen molar-refractivity contribution in [2.24, 2.45) is 4.99 Å². The molecule has 2 aromatic carbocycles. The van der Waals surface area contributed by atoms with E-state index in [0.29, 0.717) is 0 Å². The number of aryl methyl sites for hydroxylation is 1. The van der Waals surface area contributed by atoms with Crippen LogP contribution in [-0.2, 0) is 5.41 Å². The highest BCUT2D eigenvalue weighted by Gasteiger charge is 2.14. The van der Waals surface area contributed by atoms with Crippen LogP contribution in [0.3, 0.4) is 0 Å². The summed E-state index contributed by atoms with van der Waals surface area (Å²) in [6.45, 7) is 10.6. The zero-order valence-corrected chi connectivity index (χ0v) is 16.3. The van der Waals surface area contributed by atoms with Crippen LogP contribution in [0.25, 0.3) is 5.69 Å². The molecule has 140 valence electrons. The summed E-state index contributed by atoms with van der Waals surface area (Å²) >= 11 is 0. The second-order valence-electron chi connectivity index (χ2n) is 7.81. The molecule has 0 aliphatic carbocycles. The van der Waals surface area contributed by atoms with E-state index in [1.165, 1.54) is 17.7 Å². The topological polar surface area (TPSA) is 17.3 Å². The highest BCUT2D eigenvalue weighted by atomic mass is 19.1. The Labute approximate surface area is 159 Å². The average Bonchev–Trinajstić information content (AvgIpc) is 2.87. The summed E-state index contributed by atoms with van der Waals surface area (Å²) in [6, 6.07) is 13.9. The third-order valence-electron chi connectivity index (χ3n) is 4.71. The molecular weight excluding hydrogens is 342 g/mol. The predicted octanol–water partition coefficient (Wildman–Crippen LogP) is 6.42. The SMILES string of the molecule is Cc1cc(C=Nc2ccc(F)cc2F)c(C)n1-c1ccc(C(C)(C)C)cc1. The van der Waals surface area contributed by atoms with Gasteiger partial charge in [-0.1, -0.05) is 32.9 Å². The van der Waals surface area contributed by atoms with Gasteiger partial charge in [0.05, 0.1) is 5.69 Å². The van der Waals surface area contributed by atoms with Crippen LogP contribution < -0.4 is 0 Å². The van der Waals surface area contributed by atoms with Crippen molar-refractivity contribution in [1.29, 1.82) is 0 Å². The van der Waals surface area contributed by atoms with E-state index in [2.05, 4.69) is 54.6 Å². The first kappa shape index (κ1) is 19.0. The first-order chi connectivity index (χ1) is 12.7. The molecule has 0 amide bonds. The van der Waals surface area contributed by atoms with Gasteiger partial charge in [-0.05, 0) is 55.2 Å². The van der Waals surface area contributed by atoms with Gasteiger partial charge in [-0.15, -0.1) is 0 Å². The summed E-state index contributed by atoms with van der Waals surface area (Å²) in [4.78, 5) is 4.19. The second-order valence-corrected chi connectivity index (χ2v) is 7.81. The van der Waals surface area contributed by atoms with Crippen LogP contribution in [0.15, 0.2) is 53.5 Å². The van der Waals surface area contributed by atoms with E-state index in [0.717, 1.165) is 28.7 Å². The van der Waals surface area contributed by atoms with Gasteiger partial charge in [0.1, 0.15) is 5.82 Å². The minimum absolute atomic E-state index is 0.107. The first-order valence-electron chi connectivity index (χ1n) is 8.96. The number of hydrogen-bond donors (Lipinski definition) is 0. The smallest absolute Gasteiger partial charge is 0.151 e. The molecule has 0 atom stereocenters. The van der Waals surface area contributed by atoms with Crippen molar-refractivity contribution in [3.8, 4) is 5.69 Å². The van der Waals surface area contributed by atoms with Crippen LogP contribution in [-0.4, -0.2) is 10.8 Å². The molecule has 0 saturated heterocycles. The van der Waals surface area contributed by atoms with E-state index in [-0.39, 0.29) is 11.1 Å². The van der Waals surface area contributed by atoms with Crippen LogP contribution in [0, 0.1) is 25.5 Å². The van der Waals surface area contributed by atoms with Gasteiger partial charge >= 0.3 is 0 Å². The van der Waals surface area contributed by atoms with Crippen LogP contribution in [0.2, 0.25) is 0 Å². The Hall–Kier alpha value is -2.75. The summed E-state index contributed by atoms with van der Waals surface area (Å²) in [7, 11) is 0. The molecule has 4 heteroatoms. The molecule has 3 rings (SSSR count). The van der Waals surface area contributed by atoms with Crippen molar-refractivity contribution in [2.75, 3.05) is 0 Å². The zero-order valence-electron chi connectivity index (χ0n) is 16.3. The van der Waals surface area contributed by atoms with E-state index in [4.69, 9.17) is 0 Å². The lowest BCUT2D eigenvalue weighted by molar-refractivity contribution is 0.585. The number of aliphatic imine (C=N–C) groups is 1. The average molecular weight is 366 g/mol. The Kier molecular flexibility index (Phi) is 5.01. The molecule has 0 N–H and O–H groups in total. The van der Waals surface area contributed by atoms with Gasteiger partial charge in [-0.25, -0.2) is 8.78 Å². The number of hydrogen-bond acceptors (Lipinski definition) is 1. The molecule has 0 saturated carbocycles. The minimum Gasteiger partial charge on any atom is -0.318 e. The third kappa shape index (κ3) is 4.00. The maximum Gasteiger partial charge on any atom is 0.151 e. The lowest BCUT2D eigenvalue weighted by atomic mass is 9.87. The molecule has 0 unspecified atom stereocenters. The molecule has 1 heterocycles. The van der Waals surface area contributed by atoms with Gasteiger partial charge in [-0.2, -0.15) is 0 Å². The summed E-state index contributed by atoms with van der Waals surface area (Å²) in [5.74, 6) is -1.28. The summed E-state index contributed by atoms with van der Waals surface area (Å²) in [6.07, 6.45) is 1.62. The number of aromatic nitrogens is 1. The molecule has 2 nitrogen and oxygen atoms in total. The molecule has 0 aliphatic rings. The highest BCUT2D eigenvalue weighted by Crippen LogP contribution is 2.26. The van der Waals surface area contributed by atoms with Crippen LogP contribution in [0.5, 0.6) is 0 Å². The molecule has 0 bridgehead atoms. The Morgan fingerprint density at radius 3 is 2.19 bits per heavy atom. The Bertz CT molecular complexity index is 990. The van der Waals surface area contributed by atoms with E-state index in [1.54, 1.807) is 6.21 Å². The van der Waals surface area contributed by atoms with Gasteiger partial charge < -0.3 is 4.57 Å². The van der Waals surface area contributed by atoms with E-state index < -0.39 is 11.6 Å². The Balaban J connectivity index is 1.94. The van der Waals surface area contributed by atoms with Crippen molar-refractivity contribution in [1.82, 2.24) is 4.57 Å². The quantitative estimate of drug-likeness (QED) is 0.476. The van der Waals surface area contributed by atoms with Crippen molar-refractivity contribution in [3.05, 3.63) is 82.7 Å². The summed E-state index contributed by atoms with van der Waals surface area (Å²) in [5, 5.41) is 0. The first-order valence-corrected chi connectivity index (χ1v) is 8.96. The van der Waals surface area contributed by atoms with Crippen molar-refractivity contribution in [2.45, 2.75) is 40.0 Å². The summed E-state index contributed by atoms with van der Waals surface area (Å²) < 4.78 is 29.0. The van der Waals surface area contributed by atoms with Gasteiger partial charge in [0.25, 0.3) is 0 Å². The highest BCUT2D eigenvalue weighted by molar-refractivity contribution is 5.84. The molecular formula is C23H24F2N2. The van der Waals surface area contributed by atoms with Crippen LogP contribution in [0.4, 0.5) is 14.5 Å². The monoisotopic (exact) mass is 366 g/mol. The van der Waals surface area contributed by atoms with Gasteiger partial charge in [-0.3, -0.25) is 4.99 Å². The van der Waals surface area contributed by atoms with Crippen molar-refractivity contribution < 1.29 is 8.78 Å².